The first kappa shape index (κ1) is 14.5. The van der Waals surface area contributed by atoms with Crippen molar-refractivity contribution in [3.05, 3.63) is 16.1 Å². The molecule has 1 fully saturated rings. The van der Waals surface area contributed by atoms with Gasteiger partial charge in [0.1, 0.15) is 0 Å². The summed E-state index contributed by atoms with van der Waals surface area (Å²) in [4.78, 5) is 18.6. The third-order valence-electron chi connectivity index (χ3n) is 3.49. The number of rotatable bonds is 5. The molecule has 1 saturated heterocycles. The van der Waals surface area contributed by atoms with E-state index in [1.165, 1.54) is 5.01 Å². The molecule has 19 heavy (non-hydrogen) atoms. The maximum atomic E-state index is 11.7. The predicted molar refractivity (Wildman–Crippen MR) is 76.1 cm³/mol. The van der Waals surface area contributed by atoms with Crippen LogP contribution in [0.3, 0.4) is 0 Å². The minimum atomic E-state index is -0.0240. The van der Waals surface area contributed by atoms with Crippen LogP contribution in [0.2, 0.25) is 0 Å². The summed E-state index contributed by atoms with van der Waals surface area (Å²) >= 11 is 1.74. The molecule has 0 N–H and O–H groups in total. The number of likely N-dealkylation sites (tertiary alicyclic amines) is 1. The van der Waals surface area contributed by atoms with E-state index in [4.69, 9.17) is 4.74 Å². The van der Waals surface area contributed by atoms with Crippen molar-refractivity contribution in [2.24, 2.45) is 5.92 Å². The van der Waals surface area contributed by atoms with E-state index in [1.54, 1.807) is 11.3 Å². The average Bonchev–Trinajstić information content (AvgIpc) is 2.87. The van der Waals surface area contributed by atoms with Crippen LogP contribution < -0.4 is 0 Å². The molecule has 0 radical (unpaired) electrons. The van der Waals surface area contributed by atoms with Gasteiger partial charge >= 0.3 is 5.97 Å². The minimum Gasteiger partial charge on any atom is -0.466 e. The van der Waals surface area contributed by atoms with E-state index in [-0.39, 0.29) is 11.9 Å². The van der Waals surface area contributed by atoms with Crippen LogP contribution in [0.1, 0.15) is 37.4 Å². The zero-order chi connectivity index (χ0) is 13.7. The third kappa shape index (κ3) is 4.01. The Morgan fingerprint density at radius 2 is 2.21 bits per heavy atom. The van der Waals surface area contributed by atoms with Crippen molar-refractivity contribution >= 4 is 17.3 Å². The molecule has 1 aromatic heterocycles. The fourth-order valence-electron chi connectivity index (χ4n) is 2.40. The Bertz CT molecular complexity index is 411. The van der Waals surface area contributed by atoms with Gasteiger partial charge in [-0.25, -0.2) is 4.98 Å². The largest absolute Gasteiger partial charge is 0.466 e. The Kier molecular flexibility index (Phi) is 5.34. The lowest BCUT2D eigenvalue weighted by Gasteiger charge is -2.30. The Hall–Kier alpha value is -0.940. The number of ether oxygens (including phenoxy) is 1. The Balaban J connectivity index is 1.78. The van der Waals surface area contributed by atoms with E-state index in [0.717, 1.165) is 44.6 Å². The fourth-order valence-corrected chi connectivity index (χ4v) is 3.14. The lowest BCUT2D eigenvalue weighted by atomic mass is 9.97. The van der Waals surface area contributed by atoms with Gasteiger partial charge in [0.25, 0.3) is 0 Å². The Morgan fingerprint density at radius 1 is 1.47 bits per heavy atom. The molecule has 2 rings (SSSR count). The number of aryl methyl sites for hydroxylation is 1. The van der Waals surface area contributed by atoms with Crippen LogP contribution in [-0.2, 0) is 22.5 Å². The highest BCUT2D eigenvalue weighted by molar-refractivity contribution is 7.09. The zero-order valence-corrected chi connectivity index (χ0v) is 12.5. The van der Waals surface area contributed by atoms with Gasteiger partial charge in [-0.15, -0.1) is 11.3 Å². The SMILES string of the molecule is CCOC(=O)C1CCN(Cc2csc(CC)n2)CC1. The van der Waals surface area contributed by atoms with Crippen molar-refractivity contribution < 1.29 is 9.53 Å². The molecule has 0 amide bonds. The van der Waals surface area contributed by atoms with Gasteiger partial charge in [0.2, 0.25) is 0 Å². The number of thiazole rings is 1. The van der Waals surface area contributed by atoms with Crippen LogP contribution in [-0.4, -0.2) is 35.5 Å². The van der Waals surface area contributed by atoms with Crippen molar-refractivity contribution in [3.8, 4) is 0 Å². The summed E-state index contributed by atoms with van der Waals surface area (Å²) in [6.45, 7) is 7.31. The molecule has 1 aliphatic heterocycles. The lowest BCUT2D eigenvalue weighted by molar-refractivity contribution is -0.149. The molecule has 1 aromatic rings. The minimum absolute atomic E-state index is 0.0240. The van der Waals surface area contributed by atoms with Crippen molar-refractivity contribution in [2.75, 3.05) is 19.7 Å². The predicted octanol–water partition coefficient (Wildman–Crippen LogP) is 2.48. The van der Waals surface area contributed by atoms with E-state index < -0.39 is 0 Å². The molecule has 2 heterocycles. The molecule has 0 aromatic carbocycles. The molecule has 0 saturated carbocycles. The Labute approximate surface area is 118 Å². The summed E-state index contributed by atoms with van der Waals surface area (Å²) in [7, 11) is 0. The molecule has 1 aliphatic rings. The summed E-state index contributed by atoms with van der Waals surface area (Å²) in [5, 5.41) is 3.35. The van der Waals surface area contributed by atoms with E-state index in [2.05, 4.69) is 22.2 Å². The lowest BCUT2D eigenvalue weighted by Crippen LogP contribution is -2.36. The monoisotopic (exact) mass is 282 g/mol. The summed E-state index contributed by atoms with van der Waals surface area (Å²) in [5.74, 6) is 0.0712. The first-order valence-electron chi connectivity index (χ1n) is 7.05. The average molecular weight is 282 g/mol. The number of hydrogen-bond donors (Lipinski definition) is 0. The van der Waals surface area contributed by atoms with Crippen LogP contribution in [0, 0.1) is 5.92 Å². The van der Waals surface area contributed by atoms with Crippen LogP contribution in [0.5, 0.6) is 0 Å². The Morgan fingerprint density at radius 3 is 2.79 bits per heavy atom. The van der Waals surface area contributed by atoms with Gasteiger partial charge in [0.05, 0.1) is 23.2 Å². The highest BCUT2D eigenvalue weighted by Gasteiger charge is 2.26. The normalized spacial score (nSPS) is 17.6. The topological polar surface area (TPSA) is 42.4 Å². The molecule has 0 aliphatic carbocycles. The van der Waals surface area contributed by atoms with Crippen molar-refractivity contribution in [1.82, 2.24) is 9.88 Å². The van der Waals surface area contributed by atoms with Gasteiger partial charge in [-0.3, -0.25) is 9.69 Å². The van der Waals surface area contributed by atoms with Gasteiger partial charge in [0.15, 0.2) is 0 Å². The van der Waals surface area contributed by atoms with Gasteiger partial charge < -0.3 is 4.74 Å². The second-order valence-corrected chi connectivity index (χ2v) is 5.83. The molecule has 0 atom stereocenters. The van der Waals surface area contributed by atoms with Gasteiger partial charge in [-0.2, -0.15) is 0 Å². The molecule has 0 bridgehead atoms. The highest BCUT2D eigenvalue weighted by atomic mass is 32.1. The van der Waals surface area contributed by atoms with Crippen molar-refractivity contribution in [3.63, 3.8) is 0 Å². The van der Waals surface area contributed by atoms with E-state index in [9.17, 15) is 4.79 Å². The van der Waals surface area contributed by atoms with Gasteiger partial charge in [-0.05, 0) is 39.3 Å². The highest BCUT2D eigenvalue weighted by Crippen LogP contribution is 2.21. The molecule has 0 unspecified atom stereocenters. The second kappa shape index (κ2) is 7.01. The van der Waals surface area contributed by atoms with Crippen LogP contribution >= 0.6 is 11.3 Å². The summed E-state index contributed by atoms with van der Waals surface area (Å²) < 4.78 is 5.08. The molecule has 4 nitrogen and oxygen atoms in total. The maximum absolute atomic E-state index is 11.7. The number of nitrogens with zero attached hydrogens (tertiary/aromatic N) is 2. The smallest absolute Gasteiger partial charge is 0.309 e. The maximum Gasteiger partial charge on any atom is 0.309 e. The van der Waals surface area contributed by atoms with E-state index in [1.807, 2.05) is 6.92 Å². The number of carbonyl (C=O) groups excluding carboxylic acids is 1. The van der Waals surface area contributed by atoms with E-state index >= 15 is 0 Å². The second-order valence-electron chi connectivity index (χ2n) is 4.89. The van der Waals surface area contributed by atoms with Crippen molar-refractivity contribution in [2.45, 2.75) is 39.7 Å². The fraction of sp³-hybridized carbons (Fsp3) is 0.714. The van der Waals surface area contributed by atoms with Crippen molar-refractivity contribution in [1.29, 1.82) is 0 Å². The first-order chi connectivity index (χ1) is 9.22. The van der Waals surface area contributed by atoms with Crippen LogP contribution in [0.4, 0.5) is 0 Å². The van der Waals surface area contributed by atoms with Crippen LogP contribution in [0.25, 0.3) is 0 Å². The summed E-state index contributed by atoms with van der Waals surface area (Å²) in [5.41, 5.74) is 1.16. The number of piperidine rings is 1. The van der Waals surface area contributed by atoms with E-state index in [0.29, 0.717) is 6.61 Å². The molecular weight excluding hydrogens is 260 g/mol. The molecule has 106 valence electrons. The third-order valence-corrected chi connectivity index (χ3v) is 4.54. The standard InChI is InChI=1S/C14H22N2O2S/c1-3-13-15-12(10-19-13)9-16-7-5-11(6-8-16)14(17)18-4-2/h10-11H,3-9H2,1-2H3. The number of aromatic nitrogens is 1. The first-order valence-corrected chi connectivity index (χ1v) is 7.93. The van der Waals surface area contributed by atoms with Gasteiger partial charge in [0, 0.05) is 11.9 Å². The molecular formula is C14H22N2O2S. The van der Waals surface area contributed by atoms with Crippen LogP contribution in [0.15, 0.2) is 5.38 Å². The molecule has 5 heteroatoms. The summed E-state index contributed by atoms with van der Waals surface area (Å²) in [6, 6.07) is 0. The number of carbonyl (C=O) groups is 1. The zero-order valence-electron chi connectivity index (χ0n) is 11.7. The quantitative estimate of drug-likeness (QED) is 0.778. The number of hydrogen-bond acceptors (Lipinski definition) is 5. The van der Waals surface area contributed by atoms with Gasteiger partial charge in [-0.1, -0.05) is 6.92 Å². The summed E-state index contributed by atoms with van der Waals surface area (Å²) in [6.07, 6.45) is 2.82. The number of esters is 1. The molecule has 0 spiro atoms.